The van der Waals surface area contributed by atoms with Gasteiger partial charge in [0.05, 0.1) is 0 Å². The molecule has 0 heterocycles. The zero-order valence-electron chi connectivity index (χ0n) is 10.4. The molecule has 0 aromatic carbocycles. The minimum Gasteiger partial charge on any atom is -0.291 e. The zero-order valence-corrected chi connectivity index (χ0v) is 11.2. The van der Waals surface area contributed by atoms with Gasteiger partial charge in [0, 0.05) is 6.42 Å². The van der Waals surface area contributed by atoms with E-state index in [-0.39, 0.29) is 0 Å². The van der Waals surface area contributed by atoms with Gasteiger partial charge in [0.25, 0.3) is 0 Å². The molecule has 0 rings (SSSR count). The second-order valence-electron chi connectivity index (χ2n) is 4.39. The molecule has 16 heavy (non-hydrogen) atoms. The highest BCUT2D eigenvalue weighted by Gasteiger charge is 1.92. The highest BCUT2D eigenvalue weighted by Crippen LogP contribution is 2.11. The molecule has 0 saturated carbocycles. The van der Waals surface area contributed by atoms with E-state index in [0.29, 0.717) is 6.42 Å². The fraction of sp³-hybridized carbons (Fsp3) is 0.857. The van der Waals surface area contributed by atoms with E-state index in [2.05, 4.69) is 0 Å². The Kier molecular flexibility index (Phi) is 14.5. The fourth-order valence-corrected chi connectivity index (χ4v) is 2.01. The second kappa shape index (κ2) is 14.8. The van der Waals surface area contributed by atoms with Crippen molar-refractivity contribution in [2.75, 3.05) is 0 Å². The predicted molar refractivity (Wildman–Crippen MR) is 74.8 cm³/mol. The Hall–Kier alpha value is -0.240. The molecular weight excluding hydrogens is 216 g/mol. The Balaban J connectivity index is 2.87. The number of rotatable bonds is 13. The third-order valence-electron chi connectivity index (χ3n) is 2.85. The van der Waals surface area contributed by atoms with Crippen LogP contribution < -0.4 is 0 Å². The molecule has 0 unspecified atom stereocenters. The smallest absolute Gasteiger partial charge is 0.198 e. The van der Waals surface area contributed by atoms with Gasteiger partial charge in [-0.1, -0.05) is 63.6 Å². The van der Waals surface area contributed by atoms with Gasteiger partial charge in [-0.05, 0) is 24.6 Å². The lowest BCUT2D eigenvalue weighted by molar-refractivity contribution is 0.536. The van der Waals surface area contributed by atoms with Crippen molar-refractivity contribution in [3.8, 4) is 0 Å². The summed E-state index contributed by atoms with van der Waals surface area (Å²) in [6.45, 7) is 0. The Bertz CT molecular complexity index is 139. The quantitative estimate of drug-likeness (QED) is 0.341. The summed E-state index contributed by atoms with van der Waals surface area (Å²) in [6, 6.07) is 0. The van der Waals surface area contributed by atoms with Crippen LogP contribution in [0.15, 0.2) is 0 Å². The monoisotopic (exact) mass is 241 g/mol. The maximum atomic E-state index is 9.95. The lowest BCUT2D eigenvalue weighted by atomic mass is 10.1. The molecule has 0 N–H and O–H groups in total. The van der Waals surface area contributed by atoms with Crippen LogP contribution in [0.4, 0.5) is 0 Å². The second-order valence-corrected chi connectivity index (χ2v) is 4.72. The van der Waals surface area contributed by atoms with Crippen LogP contribution in [-0.2, 0) is 4.79 Å². The van der Waals surface area contributed by atoms with Crippen LogP contribution in [0.1, 0.15) is 77.0 Å². The van der Waals surface area contributed by atoms with Crippen molar-refractivity contribution in [3.05, 3.63) is 0 Å². The summed E-state index contributed by atoms with van der Waals surface area (Å²) >= 11 is 4.78. The van der Waals surface area contributed by atoms with Crippen LogP contribution in [0.25, 0.3) is 0 Å². The molecule has 0 aliphatic heterocycles. The first kappa shape index (κ1) is 15.8. The summed E-state index contributed by atoms with van der Waals surface area (Å²) in [5, 5.41) is 1.84. The Morgan fingerprint density at radius 2 is 1.19 bits per heavy atom. The largest absolute Gasteiger partial charge is 0.291 e. The van der Waals surface area contributed by atoms with Gasteiger partial charge in [0.1, 0.15) is 0 Å². The van der Waals surface area contributed by atoms with E-state index in [1.54, 1.807) is 0 Å². The highest BCUT2D eigenvalue weighted by atomic mass is 32.1. The van der Waals surface area contributed by atoms with Gasteiger partial charge in [0.2, 0.25) is 0 Å². The molecule has 1 radical (unpaired) electrons. The van der Waals surface area contributed by atoms with Gasteiger partial charge in [0.15, 0.2) is 6.29 Å². The molecule has 0 atom stereocenters. The van der Waals surface area contributed by atoms with Crippen LogP contribution in [0, 0.1) is 0 Å². The normalized spacial score (nSPS) is 10.2. The summed E-state index contributed by atoms with van der Waals surface area (Å²) < 4.78 is 0. The molecule has 0 aliphatic rings. The summed E-state index contributed by atoms with van der Waals surface area (Å²) in [5.41, 5.74) is 0. The van der Waals surface area contributed by atoms with Crippen LogP contribution >= 0.6 is 12.2 Å². The van der Waals surface area contributed by atoms with E-state index in [1.165, 1.54) is 57.8 Å². The summed E-state index contributed by atoms with van der Waals surface area (Å²) in [6.07, 6.45) is 16.6. The molecule has 1 nitrogen and oxygen atoms in total. The van der Waals surface area contributed by atoms with Crippen LogP contribution in [-0.4, -0.2) is 11.7 Å². The maximum Gasteiger partial charge on any atom is 0.198 e. The first-order valence-electron chi connectivity index (χ1n) is 6.70. The first-order valence-corrected chi connectivity index (χ1v) is 7.17. The SMILES string of the molecule is O=[C]CCCCCCCCCCCCC=S. The van der Waals surface area contributed by atoms with Crippen molar-refractivity contribution >= 4 is 23.9 Å². The van der Waals surface area contributed by atoms with E-state index < -0.39 is 0 Å². The van der Waals surface area contributed by atoms with Crippen LogP contribution in [0.5, 0.6) is 0 Å². The van der Waals surface area contributed by atoms with Crippen molar-refractivity contribution in [2.24, 2.45) is 0 Å². The predicted octanol–water partition coefficient (Wildman–Crippen LogP) is 4.78. The maximum absolute atomic E-state index is 9.95. The molecule has 0 spiro atoms. The molecule has 93 valence electrons. The molecule has 0 aromatic rings. The minimum absolute atomic E-state index is 0.625. The van der Waals surface area contributed by atoms with E-state index in [1.807, 2.05) is 11.7 Å². The highest BCUT2D eigenvalue weighted by molar-refractivity contribution is 7.78. The molecule has 0 aromatic heterocycles. The van der Waals surface area contributed by atoms with Gasteiger partial charge >= 0.3 is 0 Å². The Labute approximate surface area is 106 Å². The number of carbonyl (C=O) groups excluding carboxylic acids is 1. The van der Waals surface area contributed by atoms with E-state index >= 15 is 0 Å². The third kappa shape index (κ3) is 13.8. The Morgan fingerprint density at radius 3 is 1.62 bits per heavy atom. The minimum atomic E-state index is 0.625. The van der Waals surface area contributed by atoms with Gasteiger partial charge in [-0.2, -0.15) is 0 Å². The van der Waals surface area contributed by atoms with Gasteiger partial charge in [-0.3, -0.25) is 4.79 Å². The summed E-state index contributed by atoms with van der Waals surface area (Å²) in [4.78, 5) is 9.95. The molecule has 2 heteroatoms. The molecule has 0 aliphatic carbocycles. The number of thiocarbonyl (C=S) groups is 1. The summed E-state index contributed by atoms with van der Waals surface area (Å²) in [5.74, 6) is 0. The van der Waals surface area contributed by atoms with E-state index in [4.69, 9.17) is 12.2 Å². The first-order chi connectivity index (χ1) is 7.91. The standard InChI is InChI=1S/C14H25OS/c15-13-11-9-7-5-3-1-2-4-6-8-10-12-14-16/h14H,1-12H2. The van der Waals surface area contributed by atoms with E-state index in [9.17, 15) is 4.79 Å². The molecular formula is C14H25OS. The Morgan fingerprint density at radius 1 is 0.750 bits per heavy atom. The average molecular weight is 241 g/mol. The van der Waals surface area contributed by atoms with Crippen molar-refractivity contribution in [3.63, 3.8) is 0 Å². The fourth-order valence-electron chi connectivity index (χ4n) is 1.84. The number of hydrogen-bond acceptors (Lipinski definition) is 2. The lowest BCUT2D eigenvalue weighted by Gasteiger charge is -2.01. The topological polar surface area (TPSA) is 17.1 Å². The molecule has 0 fully saturated rings. The van der Waals surface area contributed by atoms with Crippen molar-refractivity contribution < 1.29 is 4.79 Å². The number of unbranched alkanes of at least 4 members (excludes halogenated alkanes) is 11. The van der Waals surface area contributed by atoms with Crippen molar-refractivity contribution in [1.29, 1.82) is 0 Å². The van der Waals surface area contributed by atoms with Crippen LogP contribution in [0.2, 0.25) is 0 Å². The van der Waals surface area contributed by atoms with Gasteiger partial charge in [-0.15, -0.1) is 0 Å². The summed E-state index contributed by atoms with van der Waals surface area (Å²) in [7, 11) is 0. The third-order valence-corrected chi connectivity index (χ3v) is 3.09. The molecule has 0 amide bonds. The average Bonchev–Trinajstić information content (AvgIpc) is 2.31. The van der Waals surface area contributed by atoms with Gasteiger partial charge in [-0.25, -0.2) is 0 Å². The zero-order chi connectivity index (χ0) is 11.9. The van der Waals surface area contributed by atoms with Crippen LogP contribution in [0.3, 0.4) is 0 Å². The number of hydrogen-bond donors (Lipinski definition) is 0. The lowest BCUT2D eigenvalue weighted by Crippen LogP contribution is -1.83. The van der Waals surface area contributed by atoms with Crippen molar-refractivity contribution in [2.45, 2.75) is 77.0 Å². The van der Waals surface area contributed by atoms with E-state index in [0.717, 1.165) is 12.8 Å². The van der Waals surface area contributed by atoms with Gasteiger partial charge < -0.3 is 0 Å². The molecule has 0 saturated heterocycles. The van der Waals surface area contributed by atoms with Crippen molar-refractivity contribution in [1.82, 2.24) is 0 Å². The molecule has 0 bridgehead atoms.